The van der Waals surface area contributed by atoms with Crippen molar-refractivity contribution in [3.63, 3.8) is 0 Å². The molecule has 1 saturated heterocycles. The summed E-state index contributed by atoms with van der Waals surface area (Å²) in [5, 5.41) is 7.16. The van der Waals surface area contributed by atoms with E-state index >= 15 is 0 Å². The van der Waals surface area contributed by atoms with Gasteiger partial charge in [0.05, 0.1) is 5.69 Å². The van der Waals surface area contributed by atoms with E-state index in [4.69, 9.17) is 4.52 Å². The van der Waals surface area contributed by atoms with Gasteiger partial charge in [-0.2, -0.15) is 13.2 Å². The van der Waals surface area contributed by atoms with Crippen LogP contribution in [0.15, 0.2) is 21.8 Å². The summed E-state index contributed by atoms with van der Waals surface area (Å²) in [5.74, 6) is 0.796. The lowest BCUT2D eigenvalue weighted by atomic mass is 10.3. The molecule has 1 aromatic heterocycles. The Morgan fingerprint density at radius 2 is 2.07 bits per heavy atom. The number of hydrogen-bond acceptors (Lipinski definition) is 5. The van der Waals surface area contributed by atoms with Crippen LogP contribution in [-0.4, -0.2) is 79.6 Å². The number of rotatable bonds is 8. The second-order valence-corrected chi connectivity index (χ2v) is 6.01. The van der Waals surface area contributed by atoms with Crippen molar-refractivity contribution in [2.45, 2.75) is 26.1 Å². The van der Waals surface area contributed by atoms with Gasteiger partial charge in [0.1, 0.15) is 12.9 Å². The monoisotopic (exact) mass is 505 g/mol. The molecule has 2 rings (SSSR count). The van der Waals surface area contributed by atoms with Gasteiger partial charge in [-0.1, -0.05) is 5.16 Å². The minimum absolute atomic E-state index is 0. The average molecular weight is 505 g/mol. The second kappa shape index (κ2) is 12.4. The molecule has 2 heterocycles. The van der Waals surface area contributed by atoms with Crippen LogP contribution < -0.4 is 5.32 Å². The standard InChI is InChI=1S/C16H26F3N5O2.HI/c1-2-20-15(21-5-3-10-25-13-16(17,18)19)24-8-6-23(7-9-24)12-14-4-11-26-22-14;/h4,11H,2-3,5-10,12-13H2,1H3,(H,20,21);1H. The Bertz CT molecular complexity index is 535. The van der Waals surface area contributed by atoms with Gasteiger partial charge in [0, 0.05) is 58.5 Å². The smallest absolute Gasteiger partial charge is 0.372 e. The number of aromatic nitrogens is 1. The van der Waals surface area contributed by atoms with Crippen molar-refractivity contribution in [3.8, 4) is 0 Å². The van der Waals surface area contributed by atoms with E-state index < -0.39 is 12.8 Å². The van der Waals surface area contributed by atoms with Gasteiger partial charge in [-0.25, -0.2) is 0 Å². The van der Waals surface area contributed by atoms with Crippen LogP contribution in [0.4, 0.5) is 13.2 Å². The molecule has 0 saturated carbocycles. The lowest BCUT2D eigenvalue weighted by Crippen LogP contribution is -2.52. The lowest BCUT2D eigenvalue weighted by molar-refractivity contribution is -0.173. The molecule has 7 nitrogen and oxygen atoms in total. The Balaban J connectivity index is 0.00000364. The summed E-state index contributed by atoms with van der Waals surface area (Å²) in [6.45, 7) is 6.18. The molecule has 0 amide bonds. The molecular formula is C16H27F3IN5O2. The van der Waals surface area contributed by atoms with Crippen LogP contribution in [0.25, 0.3) is 0 Å². The van der Waals surface area contributed by atoms with Crippen LogP contribution in [-0.2, 0) is 11.3 Å². The molecule has 0 spiro atoms. The van der Waals surface area contributed by atoms with Gasteiger partial charge in [0.2, 0.25) is 0 Å². The fraction of sp³-hybridized carbons (Fsp3) is 0.750. The number of alkyl halides is 3. The zero-order valence-corrected chi connectivity index (χ0v) is 17.7. The van der Waals surface area contributed by atoms with Gasteiger partial charge >= 0.3 is 6.18 Å². The molecule has 1 fully saturated rings. The average Bonchev–Trinajstić information content (AvgIpc) is 3.10. The van der Waals surface area contributed by atoms with E-state index in [0.29, 0.717) is 13.0 Å². The molecular weight excluding hydrogens is 478 g/mol. The van der Waals surface area contributed by atoms with E-state index in [1.807, 2.05) is 13.0 Å². The van der Waals surface area contributed by atoms with Crippen molar-refractivity contribution in [2.75, 3.05) is 52.5 Å². The first kappa shape index (κ1) is 24.0. The zero-order valence-electron chi connectivity index (χ0n) is 15.4. The third-order valence-corrected chi connectivity index (χ3v) is 3.86. The second-order valence-electron chi connectivity index (χ2n) is 6.01. The maximum Gasteiger partial charge on any atom is 0.411 e. The number of halogens is 4. The van der Waals surface area contributed by atoms with E-state index in [9.17, 15) is 13.2 Å². The maximum absolute atomic E-state index is 12.0. The van der Waals surface area contributed by atoms with Crippen molar-refractivity contribution >= 4 is 29.9 Å². The fourth-order valence-corrected chi connectivity index (χ4v) is 2.63. The normalized spacial score (nSPS) is 16.3. The minimum atomic E-state index is -4.27. The fourth-order valence-electron chi connectivity index (χ4n) is 2.63. The number of nitrogens with zero attached hydrogens (tertiary/aromatic N) is 4. The van der Waals surface area contributed by atoms with Gasteiger partial charge in [0.25, 0.3) is 0 Å². The van der Waals surface area contributed by atoms with Crippen molar-refractivity contribution in [3.05, 3.63) is 18.0 Å². The van der Waals surface area contributed by atoms with E-state index in [2.05, 4.69) is 30.0 Å². The molecule has 27 heavy (non-hydrogen) atoms. The molecule has 1 N–H and O–H groups in total. The summed E-state index contributed by atoms with van der Waals surface area (Å²) >= 11 is 0. The van der Waals surface area contributed by atoms with Crippen molar-refractivity contribution < 1.29 is 22.4 Å². The van der Waals surface area contributed by atoms with Crippen molar-refractivity contribution in [1.82, 2.24) is 20.3 Å². The highest BCUT2D eigenvalue weighted by Gasteiger charge is 2.27. The molecule has 1 aliphatic rings. The first-order valence-electron chi connectivity index (χ1n) is 8.77. The summed E-state index contributed by atoms with van der Waals surface area (Å²) in [6, 6.07) is 1.86. The molecule has 0 atom stereocenters. The summed E-state index contributed by atoms with van der Waals surface area (Å²) in [5.41, 5.74) is 0.915. The topological polar surface area (TPSA) is 66.1 Å². The summed E-state index contributed by atoms with van der Waals surface area (Å²) in [4.78, 5) is 8.96. The maximum atomic E-state index is 12.0. The molecule has 0 bridgehead atoms. The predicted octanol–water partition coefficient (Wildman–Crippen LogP) is 2.34. The van der Waals surface area contributed by atoms with Crippen LogP contribution in [0.2, 0.25) is 0 Å². The van der Waals surface area contributed by atoms with Gasteiger partial charge in [0.15, 0.2) is 5.96 Å². The lowest BCUT2D eigenvalue weighted by Gasteiger charge is -2.36. The molecule has 1 aliphatic heterocycles. The molecule has 0 radical (unpaired) electrons. The zero-order chi connectivity index (χ0) is 18.8. The highest BCUT2D eigenvalue weighted by atomic mass is 127. The third kappa shape index (κ3) is 9.60. The quantitative estimate of drug-likeness (QED) is 0.253. The van der Waals surface area contributed by atoms with E-state index in [0.717, 1.165) is 50.9 Å². The number of aliphatic imine (C=N–C) groups is 1. The molecule has 0 aliphatic carbocycles. The van der Waals surface area contributed by atoms with Gasteiger partial charge in [-0.05, 0) is 13.3 Å². The first-order valence-corrected chi connectivity index (χ1v) is 8.77. The Kier molecular flexibility index (Phi) is 11.0. The molecule has 156 valence electrons. The van der Waals surface area contributed by atoms with Crippen LogP contribution in [0, 0.1) is 0 Å². The molecule has 0 unspecified atom stereocenters. The summed E-state index contributed by atoms with van der Waals surface area (Å²) in [7, 11) is 0. The Morgan fingerprint density at radius 1 is 1.33 bits per heavy atom. The van der Waals surface area contributed by atoms with Crippen LogP contribution >= 0.6 is 24.0 Å². The number of guanidine groups is 1. The number of ether oxygens (including phenoxy) is 1. The number of hydrogen-bond donors (Lipinski definition) is 1. The van der Waals surface area contributed by atoms with Crippen LogP contribution in [0.3, 0.4) is 0 Å². The largest absolute Gasteiger partial charge is 0.411 e. The third-order valence-electron chi connectivity index (χ3n) is 3.86. The van der Waals surface area contributed by atoms with Gasteiger partial charge in [-0.15, -0.1) is 24.0 Å². The van der Waals surface area contributed by atoms with Crippen molar-refractivity contribution in [2.24, 2.45) is 4.99 Å². The predicted molar refractivity (Wildman–Crippen MR) is 106 cm³/mol. The van der Waals surface area contributed by atoms with Crippen molar-refractivity contribution in [1.29, 1.82) is 0 Å². The molecule has 11 heteroatoms. The van der Waals surface area contributed by atoms with Crippen LogP contribution in [0.1, 0.15) is 19.0 Å². The number of piperazine rings is 1. The Hall–Kier alpha value is -1.08. The number of nitrogens with one attached hydrogen (secondary N) is 1. The van der Waals surface area contributed by atoms with E-state index in [-0.39, 0.29) is 30.6 Å². The SMILES string of the molecule is CCNC(=NCCCOCC(F)(F)F)N1CCN(Cc2ccon2)CC1.I. The summed E-state index contributed by atoms with van der Waals surface area (Å²) in [6.07, 6.45) is -2.25. The van der Waals surface area contributed by atoms with E-state index in [1.54, 1.807) is 6.26 Å². The molecule has 0 aromatic carbocycles. The highest BCUT2D eigenvalue weighted by molar-refractivity contribution is 14.0. The Morgan fingerprint density at radius 3 is 2.67 bits per heavy atom. The Labute approximate surface area is 174 Å². The minimum Gasteiger partial charge on any atom is -0.372 e. The van der Waals surface area contributed by atoms with E-state index in [1.165, 1.54) is 0 Å². The van der Waals surface area contributed by atoms with Gasteiger partial charge in [-0.3, -0.25) is 9.89 Å². The highest BCUT2D eigenvalue weighted by Crippen LogP contribution is 2.14. The molecule has 1 aromatic rings. The van der Waals surface area contributed by atoms with Crippen LogP contribution in [0.5, 0.6) is 0 Å². The van der Waals surface area contributed by atoms with Gasteiger partial charge < -0.3 is 19.5 Å². The first-order chi connectivity index (χ1) is 12.5. The summed E-state index contributed by atoms with van der Waals surface area (Å²) < 4.78 is 45.5.